The zero-order valence-corrected chi connectivity index (χ0v) is 15.5. The molecule has 3 rings (SSSR count). The molecule has 2 unspecified atom stereocenters. The van der Waals surface area contributed by atoms with Gasteiger partial charge in [-0.15, -0.1) is 24.8 Å². The lowest BCUT2D eigenvalue weighted by Crippen LogP contribution is -2.49. The molecule has 1 heterocycles. The molecule has 1 amide bonds. The summed E-state index contributed by atoms with van der Waals surface area (Å²) >= 11 is 0. The Morgan fingerprint density at radius 2 is 1.96 bits per heavy atom. The van der Waals surface area contributed by atoms with Crippen molar-refractivity contribution >= 4 is 30.7 Å². The largest absolute Gasteiger partial charge is 0.341 e. The SMILES string of the molecule is CN(Cc1cnn(C)c1)C(=O)C1CC2CCCC(C1)C2N.Cl.Cl. The molecule has 2 aliphatic carbocycles. The number of aryl methyl sites for hydroxylation is 1. The van der Waals surface area contributed by atoms with Gasteiger partial charge in [0.2, 0.25) is 5.91 Å². The number of nitrogens with two attached hydrogens (primary N) is 1. The Hall–Kier alpha value is -0.780. The average Bonchev–Trinajstić information content (AvgIpc) is 2.83. The lowest BCUT2D eigenvalue weighted by Gasteiger charge is -2.44. The Kier molecular flexibility index (Phi) is 7.36. The van der Waals surface area contributed by atoms with E-state index in [1.165, 1.54) is 19.3 Å². The van der Waals surface area contributed by atoms with Crippen molar-refractivity contribution in [3.8, 4) is 0 Å². The molecular formula is C16H28Cl2N4O. The molecule has 2 aliphatic rings. The third kappa shape index (κ3) is 4.40. The maximum absolute atomic E-state index is 12.7. The summed E-state index contributed by atoms with van der Waals surface area (Å²) in [5.41, 5.74) is 7.40. The summed E-state index contributed by atoms with van der Waals surface area (Å²) in [6, 6.07) is 0.325. The molecule has 0 radical (unpaired) electrons. The normalized spacial score (nSPS) is 29.2. The summed E-state index contributed by atoms with van der Waals surface area (Å²) in [5.74, 6) is 1.56. The van der Waals surface area contributed by atoms with E-state index in [-0.39, 0.29) is 36.6 Å². The first-order valence-electron chi connectivity index (χ1n) is 8.02. The van der Waals surface area contributed by atoms with Gasteiger partial charge in [-0.25, -0.2) is 0 Å². The summed E-state index contributed by atoms with van der Waals surface area (Å²) in [7, 11) is 3.80. The predicted molar refractivity (Wildman–Crippen MR) is 95.7 cm³/mol. The summed E-state index contributed by atoms with van der Waals surface area (Å²) in [6.45, 7) is 0.643. The highest BCUT2D eigenvalue weighted by molar-refractivity contribution is 5.85. The van der Waals surface area contributed by atoms with Crippen LogP contribution in [-0.4, -0.2) is 33.7 Å². The van der Waals surface area contributed by atoms with Crippen LogP contribution in [-0.2, 0) is 18.4 Å². The topological polar surface area (TPSA) is 64.2 Å². The van der Waals surface area contributed by atoms with Crippen LogP contribution in [0.4, 0.5) is 0 Å². The number of amides is 1. The van der Waals surface area contributed by atoms with Gasteiger partial charge in [0, 0.05) is 44.4 Å². The molecule has 1 aromatic heterocycles. The van der Waals surface area contributed by atoms with E-state index >= 15 is 0 Å². The van der Waals surface area contributed by atoms with Crippen molar-refractivity contribution in [3.05, 3.63) is 18.0 Å². The predicted octanol–water partition coefficient (Wildman–Crippen LogP) is 2.38. The number of halogens is 2. The van der Waals surface area contributed by atoms with E-state index in [0.29, 0.717) is 24.4 Å². The van der Waals surface area contributed by atoms with Crippen LogP contribution in [0.15, 0.2) is 12.4 Å². The molecule has 1 aromatic rings. The molecule has 2 fully saturated rings. The average molecular weight is 363 g/mol. The van der Waals surface area contributed by atoms with E-state index in [2.05, 4.69) is 5.10 Å². The molecule has 2 bridgehead atoms. The fraction of sp³-hybridized carbons (Fsp3) is 0.750. The molecule has 0 aliphatic heterocycles. The van der Waals surface area contributed by atoms with Crippen LogP contribution in [0.1, 0.15) is 37.7 Å². The van der Waals surface area contributed by atoms with Gasteiger partial charge in [-0.3, -0.25) is 9.48 Å². The first kappa shape index (κ1) is 20.3. The van der Waals surface area contributed by atoms with E-state index < -0.39 is 0 Å². The maximum Gasteiger partial charge on any atom is 0.225 e. The number of fused-ring (bicyclic) bond motifs is 2. The molecule has 0 spiro atoms. The van der Waals surface area contributed by atoms with Crippen molar-refractivity contribution < 1.29 is 4.79 Å². The number of hydrogen-bond acceptors (Lipinski definition) is 3. The summed E-state index contributed by atoms with van der Waals surface area (Å²) in [4.78, 5) is 14.6. The quantitative estimate of drug-likeness (QED) is 0.897. The summed E-state index contributed by atoms with van der Waals surface area (Å²) in [6.07, 6.45) is 9.45. The molecule has 23 heavy (non-hydrogen) atoms. The summed E-state index contributed by atoms with van der Waals surface area (Å²) < 4.78 is 1.78. The van der Waals surface area contributed by atoms with Gasteiger partial charge in [0.05, 0.1) is 6.20 Å². The Bertz CT molecular complexity index is 508. The first-order valence-corrected chi connectivity index (χ1v) is 8.02. The monoisotopic (exact) mass is 362 g/mol. The van der Waals surface area contributed by atoms with Crippen molar-refractivity contribution in [2.45, 2.75) is 44.7 Å². The van der Waals surface area contributed by atoms with E-state index in [0.717, 1.165) is 18.4 Å². The second-order valence-electron chi connectivity index (χ2n) is 6.91. The van der Waals surface area contributed by atoms with Gasteiger partial charge in [-0.2, -0.15) is 5.10 Å². The van der Waals surface area contributed by atoms with Crippen molar-refractivity contribution in [1.29, 1.82) is 0 Å². The molecule has 2 N–H and O–H groups in total. The number of nitrogens with zero attached hydrogens (tertiary/aromatic N) is 3. The van der Waals surface area contributed by atoms with Gasteiger partial charge in [-0.05, 0) is 37.5 Å². The number of carbonyl (C=O) groups excluding carboxylic acids is 1. The van der Waals surface area contributed by atoms with Crippen LogP contribution < -0.4 is 5.73 Å². The highest BCUT2D eigenvalue weighted by Crippen LogP contribution is 2.42. The zero-order valence-electron chi connectivity index (χ0n) is 13.9. The van der Waals surface area contributed by atoms with E-state index in [1.807, 2.05) is 31.4 Å². The molecule has 2 saturated carbocycles. The Labute approximate surface area is 150 Å². The number of aromatic nitrogens is 2. The lowest BCUT2D eigenvalue weighted by molar-refractivity contribution is -0.137. The molecule has 5 nitrogen and oxygen atoms in total. The maximum atomic E-state index is 12.7. The van der Waals surface area contributed by atoms with Crippen LogP contribution in [0.5, 0.6) is 0 Å². The lowest BCUT2D eigenvalue weighted by atomic mass is 9.65. The third-order valence-corrected chi connectivity index (χ3v) is 5.32. The van der Waals surface area contributed by atoms with Crippen LogP contribution in [0.25, 0.3) is 0 Å². The fourth-order valence-electron chi connectivity index (χ4n) is 4.21. The zero-order chi connectivity index (χ0) is 15.0. The third-order valence-electron chi connectivity index (χ3n) is 5.32. The minimum Gasteiger partial charge on any atom is -0.341 e. The van der Waals surface area contributed by atoms with Gasteiger partial charge in [0.1, 0.15) is 0 Å². The van der Waals surface area contributed by atoms with E-state index in [9.17, 15) is 4.79 Å². The number of rotatable bonds is 3. The number of hydrogen-bond donors (Lipinski definition) is 1. The molecule has 7 heteroatoms. The molecular weight excluding hydrogens is 335 g/mol. The second kappa shape index (κ2) is 8.36. The van der Waals surface area contributed by atoms with Crippen LogP contribution in [0.2, 0.25) is 0 Å². The van der Waals surface area contributed by atoms with Gasteiger partial charge in [-0.1, -0.05) is 6.42 Å². The number of carbonyl (C=O) groups is 1. The van der Waals surface area contributed by atoms with Crippen LogP contribution >= 0.6 is 24.8 Å². The van der Waals surface area contributed by atoms with Gasteiger partial charge in [0.15, 0.2) is 0 Å². The summed E-state index contributed by atoms with van der Waals surface area (Å²) in [5, 5.41) is 4.16. The van der Waals surface area contributed by atoms with Gasteiger partial charge in [0.25, 0.3) is 0 Å². The Balaban J connectivity index is 0.00000132. The Morgan fingerprint density at radius 1 is 1.35 bits per heavy atom. The van der Waals surface area contributed by atoms with Crippen molar-refractivity contribution in [2.24, 2.45) is 30.5 Å². The molecule has 132 valence electrons. The van der Waals surface area contributed by atoms with Gasteiger partial charge >= 0.3 is 0 Å². The highest BCUT2D eigenvalue weighted by Gasteiger charge is 2.41. The Morgan fingerprint density at radius 3 is 2.48 bits per heavy atom. The standard InChI is InChI=1S/C16H26N4O.2ClH/c1-19(9-11-8-18-20(2)10-11)16(21)14-6-12-4-3-5-13(7-14)15(12)17;;/h8,10,12-15H,3-7,9,17H2,1-2H3;2*1H. The first-order chi connectivity index (χ1) is 10.0. The van der Waals surface area contributed by atoms with Crippen LogP contribution in [0.3, 0.4) is 0 Å². The molecule has 0 aromatic carbocycles. The molecule has 2 atom stereocenters. The van der Waals surface area contributed by atoms with E-state index in [1.54, 1.807) is 4.68 Å². The fourth-order valence-corrected chi connectivity index (χ4v) is 4.21. The van der Waals surface area contributed by atoms with Crippen molar-refractivity contribution in [1.82, 2.24) is 14.7 Å². The van der Waals surface area contributed by atoms with Crippen molar-refractivity contribution in [3.63, 3.8) is 0 Å². The smallest absolute Gasteiger partial charge is 0.225 e. The van der Waals surface area contributed by atoms with Crippen LogP contribution in [0, 0.1) is 17.8 Å². The highest BCUT2D eigenvalue weighted by atomic mass is 35.5. The van der Waals surface area contributed by atoms with E-state index in [4.69, 9.17) is 5.73 Å². The second-order valence-corrected chi connectivity index (χ2v) is 6.91. The molecule has 0 saturated heterocycles. The minimum atomic E-state index is 0. The van der Waals surface area contributed by atoms with Gasteiger partial charge < -0.3 is 10.6 Å². The van der Waals surface area contributed by atoms with Crippen molar-refractivity contribution in [2.75, 3.05) is 7.05 Å². The minimum absolute atomic E-state index is 0.